The number of hydrogen-bond acceptors (Lipinski definition) is 8. The predicted octanol–water partition coefficient (Wildman–Crippen LogP) is 5.97. The van der Waals surface area contributed by atoms with Crippen LogP contribution in [0.5, 0.6) is 0 Å². The van der Waals surface area contributed by atoms with Crippen molar-refractivity contribution in [2.75, 3.05) is 59.6 Å². The summed E-state index contributed by atoms with van der Waals surface area (Å²) in [5.74, 6) is 3.62. The maximum atomic E-state index is 10.9. The number of methoxy groups -OCH3 is 1. The van der Waals surface area contributed by atoms with Crippen molar-refractivity contribution in [2.24, 2.45) is 51.2 Å². The first kappa shape index (κ1) is 37.0. The number of likely N-dealkylation sites (tertiary alicyclic amines) is 1. The van der Waals surface area contributed by atoms with Gasteiger partial charge in [0.2, 0.25) is 0 Å². The Morgan fingerprint density at radius 2 is 1.65 bits per heavy atom. The minimum absolute atomic E-state index is 0.104. The molecule has 5 saturated carbocycles. The molecule has 8 aliphatic rings. The van der Waals surface area contributed by atoms with Crippen LogP contribution in [-0.2, 0) is 18.9 Å². The zero-order valence-electron chi connectivity index (χ0n) is 32.4. The second kappa shape index (κ2) is 13.5. The van der Waals surface area contributed by atoms with Crippen molar-refractivity contribution >= 4 is 0 Å². The summed E-state index contributed by atoms with van der Waals surface area (Å²) in [5.41, 5.74) is 0.384. The first-order chi connectivity index (χ1) is 23.3. The van der Waals surface area contributed by atoms with E-state index in [-0.39, 0.29) is 30.0 Å². The number of hydrogen-bond donors (Lipinski definition) is 2. The van der Waals surface area contributed by atoms with Gasteiger partial charge in [-0.3, -0.25) is 4.90 Å². The third-order valence-electron chi connectivity index (χ3n) is 16.2. The lowest BCUT2D eigenvalue weighted by atomic mass is 9.46. The molecule has 3 heterocycles. The molecule has 8 nitrogen and oxygen atoms in total. The first-order valence-corrected chi connectivity index (χ1v) is 20.6. The van der Waals surface area contributed by atoms with Crippen LogP contribution in [0.4, 0.5) is 0 Å². The second-order valence-electron chi connectivity index (χ2n) is 19.2. The molecular formula is C41H72N2O6. The Morgan fingerprint density at radius 3 is 2.39 bits per heavy atom. The van der Waals surface area contributed by atoms with Crippen molar-refractivity contribution in [1.82, 2.24) is 9.80 Å². The number of ether oxygens (including phenoxy) is 4. The minimum Gasteiger partial charge on any atom is -0.388 e. The van der Waals surface area contributed by atoms with E-state index in [9.17, 15) is 10.2 Å². The third kappa shape index (κ3) is 6.10. The fraction of sp³-hybridized carbons (Fsp3) is 1.00. The van der Waals surface area contributed by atoms with Crippen LogP contribution in [-0.4, -0.2) is 116 Å². The lowest BCUT2D eigenvalue weighted by Gasteiger charge is -2.60. The molecule has 10 unspecified atom stereocenters. The molecule has 8 rings (SSSR count). The Balaban J connectivity index is 0.00000186. The zero-order valence-corrected chi connectivity index (χ0v) is 32.4. The van der Waals surface area contributed by atoms with Crippen LogP contribution in [0.15, 0.2) is 0 Å². The van der Waals surface area contributed by atoms with Crippen LogP contribution in [0.1, 0.15) is 113 Å². The Morgan fingerprint density at radius 1 is 0.898 bits per heavy atom. The molecule has 8 fully saturated rings. The molecule has 0 aromatic carbocycles. The van der Waals surface area contributed by atoms with Gasteiger partial charge in [0.15, 0.2) is 6.29 Å². The van der Waals surface area contributed by atoms with E-state index >= 15 is 0 Å². The zero-order chi connectivity index (χ0) is 35.0. The van der Waals surface area contributed by atoms with Crippen LogP contribution in [0.25, 0.3) is 0 Å². The van der Waals surface area contributed by atoms with Crippen LogP contribution >= 0.6 is 0 Å². The highest BCUT2D eigenvalue weighted by atomic mass is 16.7. The smallest absolute Gasteiger partial charge is 0.170 e. The van der Waals surface area contributed by atoms with Crippen molar-refractivity contribution in [2.45, 2.75) is 149 Å². The van der Waals surface area contributed by atoms with Gasteiger partial charge in [0.05, 0.1) is 37.1 Å². The summed E-state index contributed by atoms with van der Waals surface area (Å²) in [5, 5.41) is 21.4. The minimum atomic E-state index is -1.13. The number of fused-ring (bicyclic) bond motifs is 4. The van der Waals surface area contributed by atoms with E-state index in [0.29, 0.717) is 22.2 Å². The quantitative estimate of drug-likeness (QED) is 0.307. The molecule has 2 spiro atoms. The Hall–Kier alpha value is -0.320. The van der Waals surface area contributed by atoms with Crippen molar-refractivity contribution in [1.29, 1.82) is 0 Å². The normalized spacial score (nSPS) is 46.9. The van der Waals surface area contributed by atoms with Gasteiger partial charge in [-0.15, -0.1) is 0 Å². The summed E-state index contributed by atoms with van der Waals surface area (Å²) in [4.78, 5) is 5.10. The average molecular weight is 689 g/mol. The van der Waals surface area contributed by atoms with Gasteiger partial charge in [-0.05, 0) is 129 Å². The fourth-order valence-corrected chi connectivity index (χ4v) is 13.8. The van der Waals surface area contributed by atoms with Crippen molar-refractivity contribution in [3.63, 3.8) is 0 Å². The van der Waals surface area contributed by atoms with E-state index in [1.807, 2.05) is 13.8 Å². The summed E-state index contributed by atoms with van der Waals surface area (Å²) in [6.45, 7) is 23.2. The van der Waals surface area contributed by atoms with E-state index in [2.05, 4.69) is 30.6 Å². The summed E-state index contributed by atoms with van der Waals surface area (Å²) in [6.07, 6.45) is 11.8. The Labute approximate surface area is 298 Å². The van der Waals surface area contributed by atoms with Crippen LogP contribution < -0.4 is 0 Å². The van der Waals surface area contributed by atoms with Gasteiger partial charge < -0.3 is 34.1 Å². The molecule has 0 radical (unpaired) electrons. The molecule has 0 aromatic rings. The van der Waals surface area contributed by atoms with Gasteiger partial charge in [0.25, 0.3) is 0 Å². The lowest BCUT2D eigenvalue weighted by Crippen LogP contribution is -2.57. The van der Waals surface area contributed by atoms with Gasteiger partial charge in [-0.25, -0.2) is 0 Å². The fourth-order valence-electron chi connectivity index (χ4n) is 13.8. The Kier molecular flexibility index (Phi) is 10.2. The summed E-state index contributed by atoms with van der Waals surface area (Å²) < 4.78 is 25.2. The van der Waals surface area contributed by atoms with E-state index in [4.69, 9.17) is 18.9 Å². The van der Waals surface area contributed by atoms with Crippen molar-refractivity contribution < 1.29 is 29.2 Å². The highest BCUT2D eigenvalue weighted by Gasteiger charge is 2.80. The van der Waals surface area contributed by atoms with Gasteiger partial charge in [-0.2, -0.15) is 0 Å². The van der Waals surface area contributed by atoms with Crippen LogP contribution in [0.3, 0.4) is 0 Å². The van der Waals surface area contributed by atoms with E-state index < -0.39 is 11.7 Å². The van der Waals surface area contributed by atoms with E-state index in [1.165, 1.54) is 58.0 Å². The molecule has 3 aliphatic heterocycles. The number of morpholine rings is 1. The van der Waals surface area contributed by atoms with Crippen molar-refractivity contribution in [3.8, 4) is 0 Å². The third-order valence-corrected chi connectivity index (χ3v) is 16.2. The van der Waals surface area contributed by atoms with E-state index in [0.717, 1.165) is 82.3 Å². The van der Waals surface area contributed by atoms with Gasteiger partial charge in [0.1, 0.15) is 6.10 Å². The van der Waals surface area contributed by atoms with Crippen LogP contribution in [0.2, 0.25) is 0 Å². The summed E-state index contributed by atoms with van der Waals surface area (Å²) >= 11 is 0. The average Bonchev–Trinajstić information content (AvgIpc) is 3.63. The topological polar surface area (TPSA) is 83.9 Å². The predicted molar refractivity (Wildman–Crippen MR) is 192 cm³/mol. The molecule has 2 N–H and O–H groups in total. The molecular weight excluding hydrogens is 616 g/mol. The van der Waals surface area contributed by atoms with Gasteiger partial charge >= 0.3 is 0 Å². The van der Waals surface area contributed by atoms with Crippen LogP contribution in [0, 0.1) is 51.2 Å². The molecule has 12 atom stereocenters. The van der Waals surface area contributed by atoms with Gasteiger partial charge in [-0.1, -0.05) is 34.6 Å². The Bertz CT molecular complexity index is 1160. The second-order valence-corrected chi connectivity index (χ2v) is 19.2. The molecule has 3 saturated heterocycles. The number of nitrogens with zero attached hydrogens (tertiary/aromatic N) is 2. The van der Waals surface area contributed by atoms with E-state index in [1.54, 1.807) is 21.0 Å². The highest BCUT2D eigenvalue weighted by Crippen LogP contribution is 2.87. The maximum Gasteiger partial charge on any atom is 0.170 e. The van der Waals surface area contributed by atoms with Crippen molar-refractivity contribution in [3.05, 3.63) is 0 Å². The molecule has 8 heteroatoms. The molecule has 282 valence electrons. The first-order valence-electron chi connectivity index (χ1n) is 20.6. The highest BCUT2D eigenvalue weighted by molar-refractivity contribution is 5.29. The summed E-state index contributed by atoms with van der Waals surface area (Å²) in [6, 6.07) is 0. The monoisotopic (exact) mass is 689 g/mol. The molecule has 0 aromatic heterocycles. The lowest BCUT2D eigenvalue weighted by molar-refractivity contribution is -0.246. The number of aliphatic hydroxyl groups is 2. The molecule has 0 amide bonds. The molecule has 0 bridgehead atoms. The standard InChI is InChI=1S/C39H66N2O6.C2H6/c1-35(2)31-10-8-26-28-19-30-27(7-9-29(46-30)34(42)36(3,4)43)37(28,5)13-14-38(26)24-39(31,38)12-11-32(35)47-33-23-41(16-18-45-33)22-25-20-40(21-25)15-17-44-6;1-2/h25-34,42-43H,7-24H2,1-6H3;1-2H3/t26?,27?,28?,29?,30?,31?,32-,33?,34?,37?,38-,39?;/m0./s1. The molecule has 5 aliphatic carbocycles. The molecule has 49 heavy (non-hydrogen) atoms. The maximum absolute atomic E-state index is 10.9. The van der Waals surface area contributed by atoms with Gasteiger partial charge in [0, 0.05) is 46.4 Å². The number of aliphatic hydroxyl groups excluding tert-OH is 1. The SMILES string of the molecule is CC.COCCN1CC(CN2CCOC(O[C@H]3CCC45C[C@]46CCC4(C)C7CCC(C(O)C(C)(C)O)OC7CC4C6CCC5C3(C)C)C2)C1. The largest absolute Gasteiger partial charge is 0.388 e. The number of rotatable bonds is 9. The summed E-state index contributed by atoms with van der Waals surface area (Å²) in [7, 11) is 1.79.